The van der Waals surface area contributed by atoms with Gasteiger partial charge < -0.3 is 21.5 Å². The normalized spacial score (nSPS) is 37.8. The summed E-state index contributed by atoms with van der Waals surface area (Å²) in [5, 5.41) is 11.4. The molecule has 0 spiro atoms. The maximum absolute atomic E-state index is 13.6. The monoisotopic (exact) mass is 487 g/mol. The molecule has 1 aliphatic heterocycles. The third-order valence-corrected chi connectivity index (χ3v) is 9.19. The molecule has 6 N–H and O–H groups in total. The molecule has 35 heavy (non-hydrogen) atoms. The lowest BCUT2D eigenvalue weighted by Crippen LogP contribution is -2.52. The summed E-state index contributed by atoms with van der Waals surface area (Å²) in [6.45, 7) is 5.18. The fraction of sp³-hybridized carbons (Fsp3) is 0.815. The van der Waals surface area contributed by atoms with Crippen LogP contribution in [0.1, 0.15) is 77.0 Å². The van der Waals surface area contributed by atoms with Crippen molar-refractivity contribution in [3.63, 3.8) is 0 Å². The molecule has 3 saturated carbocycles. The lowest BCUT2D eigenvalue weighted by molar-refractivity contribution is -0.127. The van der Waals surface area contributed by atoms with Gasteiger partial charge in [0.05, 0.1) is 24.6 Å². The van der Waals surface area contributed by atoms with Crippen LogP contribution >= 0.6 is 0 Å². The molecule has 3 aliphatic carbocycles. The Kier molecular flexibility index (Phi) is 8.87. The first-order valence-corrected chi connectivity index (χ1v) is 13.8. The second-order valence-corrected chi connectivity index (χ2v) is 11.5. The SMILES string of the molecule is C=CCOC1CCCC(NC(=O)C2CC3CCC(C(=N)N)CC3N2CC2CCC(C(N)=O)CC2)C1. The first-order valence-electron chi connectivity index (χ1n) is 13.8. The lowest BCUT2D eigenvalue weighted by Gasteiger charge is -2.40. The zero-order valence-electron chi connectivity index (χ0n) is 21.1. The number of amidine groups is 1. The highest BCUT2D eigenvalue weighted by Gasteiger charge is 2.48. The largest absolute Gasteiger partial charge is 0.387 e. The van der Waals surface area contributed by atoms with Crippen molar-refractivity contribution in [2.45, 2.75) is 101 Å². The van der Waals surface area contributed by atoms with Crippen molar-refractivity contribution in [1.82, 2.24) is 10.2 Å². The Hall–Kier alpha value is -1.93. The van der Waals surface area contributed by atoms with E-state index in [1.165, 1.54) is 0 Å². The van der Waals surface area contributed by atoms with Crippen molar-refractivity contribution < 1.29 is 14.3 Å². The zero-order valence-corrected chi connectivity index (χ0v) is 21.1. The first-order chi connectivity index (χ1) is 16.9. The number of nitrogens with two attached hydrogens (primary N) is 2. The third-order valence-electron chi connectivity index (χ3n) is 9.19. The molecule has 0 aromatic carbocycles. The number of primary amides is 1. The minimum Gasteiger partial charge on any atom is -0.387 e. The van der Waals surface area contributed by atoms with Crippen LogP contribution in [0.3, 0.4) is 0 Å². The van der Waals surface area contributed by atoms with Gasteiger partial charge in [-0.2, -0.15) is 0 Å². The van der Waals surface area contributed by atoms with Gasteiger partial charge in [-0.3, -0.25) is 19.9 Å². The van der Waals surface area contributed by atoms with Crippen LogP contribution in [0.4, 0.5) is 0 Å². The van der Waals surface area contributed by atoms with Gasteiger partial charge in [-0.1, -0.05) is 6.08 Å². The molecule has 8 nitrogen and oxygen atoms in total. The summed E-state index contributed by atoms with van der Waals surface area (Å²) in [5.41, 5.74) is 11.5. The first kappa shape index (κ1) is 26.1. The van der Waals surface area contributed by atoms with E-state index >= 15 is 0 Å². The molecule has 6 atom stereocenters. The molecule has 0 aromatic heterocycles. The third kappa shape index (κ3) is 6.45. The molecule has 4 aliphatic rings. The summed E-state index contributed by atoms with van der Waals surface area (Å²) < 4.78 is 5.88. The maximum Gasteiger partial charge on any atom is 0.237 e. The topological polar surface area (TPSA) is 135 Å². The highest BCUT2D eigenvalue weighted by atomic mass is 16.5. The van der Waals surface area contributed by atoms with Gasteiger partial charge in [0.25, 0.3) is 0 Å². The van der Waals surface area contributed by atoms with Gasteiger partial charge in [-0.05, 0) is 88.9 Å². The van der Waals surface area contributed by atoms with E-state index < -0.39 is 0 Å². The van der Waals surface area contributed by atoms with Crippen molar-refractivity contribution in [2.75, 3.05) is 13.2 Å². The van der Waals surface area contributed by atoms with Crippen LogP contribution in [0, 0.1) is 29.1 Å². The van der Waals surface area contributed by atoms with Crippen LogP contribution in [0.25, 0.3) is 0 Å². The number of nitrogens with one attached hydrogen (secondary N) is 2. The number of ether oxygens (including phenoxy) is 1. The molecule has 6 unspecified atom stereocenters. The van der Waals surface area contributed by atoms with Crippen LogP contribution < -0.4 is 16.8 Å². The Labute approximate surface area is 210 Å². The van der Waals surface area contributed by atoms with Crippen LogP contribution in [-0.4, -0.2) is 59.9 Å². The van der Waals surface area contributed by atoms with Crippen LogP contribution in [0.15, 0.2) is 12.7 Å². The molecule has 4 rings (SSSR count). The Balaban J connectivity index is 1.42. The number of fused-ring (bicyclic) bond motifs is 1. The minimum absolute atomic E-state index is 0.00370. The number of hydrogen-bond acceptors (Lipinski definition) is 5. The van der Waals surface area contributed by atoms with E-state index in [2.05, 4.69) is 16.8 Å². The van der Waals surface area contributed by atoms with Crippen molar-refractivity contribution in [1.29, 1.82) is 5.41 Å². The average Bonchev–Trinajstić information content (AvgIpc) is 3.21. The fourth-order valence-electron chi connectivity index (χ4n) is 7.20. The predicted molar refractivity (Wildman–Crippen MR) is 137 cm³/mol. The zero-order chi connectivity index (χ0) is 24.9. The Bertz CT molecular complexity index is 781. The number of nitrogens with zero attached hydrogens (tertiary/aromatic N) is 1. The molecule has 2 amide bonds. The van der Waals surface area contributed by atoms with Crippen LogP contribution in [0.5, 0.6) is 0 Å². The number of carbonyl (C=O) groups is 2. The maximum atomic E-state index is 13.6. The number of hydrogen-bond donors (Lipinski definition) is 4. The van der Waals surface area contributed by atoms with E-state index in [0.29, 0.717) is 24.5 Å². The van der Waals surface area contributed by atoms with Gasteiger partial charge in [0.1, 0.15) is 0 Å². The summed E-state index contributed by atoms with van der Waals surface area (Å²) >= 11 is 0. The van der Waals surface area contributed by atoms with Crippen molar-refractivity contribution in [3.8, 4) is 0 Å². The van der Waals surface area contributed by atoms with Gasteiger partial charge >= 0.3 is 0 Å². The molecule has 1 heterocycles. The average molecular weight is 488 g/mol. The summed E-state index contributed by atoms with van der Waals surface area (Å²) in [6, 6.07) is 0.336. The fourth-order valence-corrected chi connectivity index (χ4v) is 7.20. The van der Waals surface area contributed by atoms with E-state index in [1.807, 2.05) is 0 Å². The van der Waals surface area contributed by atoms with Gasteiger partial charge in [0, 0.05) is 30.5 Å². The molecular weight excluding hydrogens is 442 g/mol. The molecule has 1 saturated heterocycles. The quantitative estimate of drug-likeness (QED) is 0.225. The highest BCUT2D eigenvalue weighted by Crippen LogP contribution is 2.43. The number of carbonyl (C=O) groups excluding carboxylic acids is 2. The Morgan fingerprint density at radius 1 is 1.00 bits per heavy atom. The number of amides is 2. The molecule has 8 heteroatoms. The van der Waals surface area contributed by atoms with Crippen molar-refractivity contribution in [3.05, 3.63) is 12.7 Å². The predicted octanol–water partition coefficient (Wildman–Crippen LogP) is 2.70. The summed E-state index contributed by atoms with van der Waals surface area (Å²) in [5.74, 6) is 1.33. The van der Waals surface area contributed by atoms with E-state index in [9.17, 15) is 9.59 Å². The van der Waals surface area contributed by atoms with Gasteiger partial charge in [0.15, 0.2) is 0 Å². The van der Waals surface area contributed by atoms with Gasteiger partial charge in [0.2, 0.25) is 11.8 Å². The van der Waals surface area contributed by atoms with Crippen LogP contribution in [-0.2, 0) is 14.3 Å². The molecule has 196 valence electrons. The van der Waals surface area contributed by atoms with Crippen molar-refractivity contribution in [2.24, 2.45) is 35.1 Å². The van der Waals surface area contributed by atoms with Gasteiger partial charge in [-0.15, -0.1) is 6.58 Å². The summed E-state index contributed by atoms with van der Waals surface area (Å²) in [7, 11) is 0. The smallest absolute Gasteiger partial charge is 0.237 e. The standard InChI is InChI=1S/C27H45N5O3/c1-2-12-35-22-5-3-4-21(15-22)31-27(34)24-13-19-10-11-20(25(28)29)14-23(19)32(24)16-17-6-8-18(9-7-17)26(30)33/h2,17-24H,1,3-16H2,(H3,28,29)(H2,30,33)(H,31,34). The molecule has 4 fully saturated rings. The lowest BCUT2D eigenvalue weighted by atomic mass is 9.77. The number of rotatable bonds is 9. The van der Waals surface area contributed by atoms with E-state index in [4.69, 9.17) is 21.6 Å². The van der Waals surface area contributed by atoms with Gasteiger partial charge in [-0.25, -0.2) is 0 Å². The van der Waals surface area contributed by atoms with E-state index in [-0.39, 0.29) is 47.7 Å². The second-order valence-electron chi connectivity index (χ2n) is 11.5. The summed E-state index contributed by atoms with van der Waals surface area (Å²) in [4.78, 5) is 27.7. The van der Waals surface area contributed by atoms with Crippen molar-refractivity contribution >= 4 is 17.6 Å². The molecule has 0 bridgehead atoms. The molecule has 0 radical (unpaired) electrons. The van der Waals surface area contributed by atoms with Crippen LogP contribution in [0.2, 0.25) is 0 Å². The highest BCUT2D eigenvalue weighted by molar-refractivity contribution is 5.83. The minimum atomic E-state index is -0.179. The Morgan fingerprint density at radius 3 is 2.43 bits per heavy atom. The molecular formula is C27H45N5O3. The Morgan fingerprint density at radius 2 is 1.74 bits per heavy atom. The van der Waals surface area contributed by atoms with E-state index in [1.54, 1.807) is 6.08 Å². The summed E-state index contributed by atoms with van der Waals surface area (Å²) in [6.07, 6.45) is 13.4. The number of likely N-dealkylation sites (tertiary alicyclic amines) is 1. The second kappa shape index (κ2) is 11.9. The van der Waals surface area contributed by atoms with E-state index in [0.717, 1.165) is 83.6 Å². The molecule has 0 aromatic rings.